The summed E-state index contributed by atoms with van der Waals surface area (Å²) in [5, 5.41) is 1.03. The predicted octanol–water partition coefficient (Wildman–Crippen LogP) is 6.81. The summed E-state index contributed by atoms with van der Waals surface area (Å²) in [6, 6.07) is 24.2. The minimum Gasteiger partial charge on any atom is -0.280 e. The van der Waals surface area contributed by atoms with Crippen LogP contribution in [-0.4, -0.2) is 20.2 Å². The maximum absolute atomic E-state index is 12.6. The molecular weight excluding hydrogens is 601 g/mol. The molecule has 0 bridgehead atoms. The van der Waals surface area contributed by atoms with E-state index >= 15 is 0 Å². The number of benzene rings is 4. The molecule has 7 nitrogen and oxygen atoms in total. The summed E-state index contributed by atoms with van der Waals surface area (Å²) in [4.78, 5) is 25.9. The number of carbonyl (C=O) groups is 2. The highest BCUT2D eigenvalue weighted by Gasteiger charge is 2.16. The van der Waals surface area contributed by atoms with Gasteiger partial charge in [0, 0.05) is 32.5 Å². The third-order valence-electron chi connectivity index (χ3n) is 5.33. The van der Waals surface area contributed by atoms with Gasteiger partial charge in [-0.05, 0) is 84.4 Å². The van der Waals surface area contributed by atoms with Crippen LogP contribution < -0.4 is 15.6 Å². The lowest BCUT2D eigenvalue weighted by Gasteiger charge is -2.10. The van der Waals surface area contributed by atoms with Crippen molar-refractivity contribution in [3.8, 4) is 0 Å². The molecule has 0 radical (unpaired) electrons. The number of rotatable bonds is 8. The van der Waals surface area contributed by atoms with Crippen LogP contribution in [0.3, 0.4) is 0 Å². The average Bonchev–Trinajstić information content (AvgIpc) is 2.93. The molecule has 2 amide bonds. The Labute approximate surface area is 244 Å². The third kappa shape index (κ3) is 7.90. The van der Waals surface area contributed by atoms with Crippen molar-refractivity contribution >= 4 is 74.1 Å². The van der Waals surface area contributed by atoms with E-state index < -0.39 is 21.8 Å². The van der Waals surface area contributed by atoms with Crippen molar-refractivity contribution in [1.82, 2.24) is 10.9 Å². The van der Waals surface area contributed by atoms with Crippen molar-refractivity contribution in [2.24, 2.45) is 0 Å². The summed E-state index contributed by atoms with van der Waals surface area (Å²) in [5.74, 6) is -0.329. The maximum Gasteiger partial charge on any atom is 0.269 e. The molecule has 0 aliphatic heterocycles. The first-order valence-electron chi connectivity index (χ1n) is 11.3. The van der Waals surface area contributed by atoms with E-state index in [-0.39, 0.29) is 26.2 Å². The quantitative estimate of drug-likeness (QED) is 0.148. The molecule has 0 fully saturated rings. The third-order valence-corrected chi connectivity index (χ3v) is 8.78. The van der Waals surface area contributed by atoms with Crippen LogP contribution in [0.25, 0.3) is 0 Å². The number of halogens is 3. The van der Waals surface area contributed by atoms with Gasteiger partial charge >= 0.3 is 0 Å². The summed E-state index contributed by atoms with van der Waals surface area (Å²) in [6.07, 6.45) is 0. The van der Waals surface area contributed by atoms with Crippen molar-refractivity contribution in [3.63, 3.8) is 0 Å². The monoisotopic (exact) mass is 619 g/mol. The molecular formula is C27H20Cl3N3O4S2. The Bertz CT molecular complexity index is 1600. The van der Waals surface area contributed by atoms with Crippen LogP contribution in [0, 0.1) is 0 Å². The molecule has 0 unspecified atom stereocenters. The molecule has 39 heavy (non-hydrogen) atoms. The molecule has 0 aliphatic rings. The highest BCUT2D eigenvalue weighted by molar-refractivity contribution is 7.98. The fraction of sp³-hybridized carbons (Fsp3) is 0.0370. The Morgan fingerprint density at radius 2 is 1.26 bits per heavy atom. The summed E-state index contributed by atoms with van der Waals surface area (Å²) in [7, 11) is -3.92. The van der Waals surface area contributed by atoms with Gasteiger partial charge in [-0.15, -0.1) is 11.8 Å². The number of amides is 2. The van der Waals surface area contributed by atoms with E-state index in [0.717, 1.165) is 16.2 Å². The van der Waals surface area contributed by atoms with Crippen molar-refractivity contribution < 1.29 is 18.0 Å². The van der Waals surface area contributed by atoms with Crippen LogP contribution in [0.1, 0.15) is 26.3 Å². The Morgan fingerprint density at radius 1 is 0.692 bits per heavy atom. The molecule has 0 saturated heterocycles. The predicted molar refractivity (Wildman–Crippen MR) is 156 cm³/mol. The second kappa shape index (κ2) is 12.8. The van der Waals surface area contributed by atoms with E-state index in [0.29, 0.717) is 10.6 Å². The number of sulfonamides is 1. The summed E-state index contributed by atoms with van der Waals surface area (Å²) >= 11 is 19.3. The number of hydrogen-bond acceptors (Lipinski definition) is 5. The Hall–Kier alpha value is -3.21. The molecule has 200 valence electrons. The largest absolute Gasteiger partial charge is 0.280 e. The zero-order valence-corrected chi connectivity index (χ0v) is 23.9. The van der Waals surface area contributed by atoms with Crippen molar-refractivity contribution in [2.45, 2.75) is 15.5 Å². The van der Waals surface area contributed by atoms with E-state index in [4.69, 9.17) is 34.8 Å². The first kappa shape index (κ1) is 28.8. The van der Waals surface area contributed by atoms with Gasteiger partial charge in [0.05, 0.1) is 14.9 Å². The van der Waals surface area contributed by atoms with Crippen LogP contribution in [0.5, 0.6) is 0 Å². The van der Waals surface area contributed by atoms with Crippen LogP contribution in [0.15, 0.2) is 101 Å². The minimum absolute atomic E-state index is 0.0604. The molecule has 12 heteroatoms. The Morgan fingerprint density at radius 3 is 1.82 bits per heavy atom. The average molecular weight is 621 g/mol. The highest BCUT2D eigenvalue weighted by Crippen LogP contribution is 2.26. The first-order chi connectivity index (χ1) is 18.6. The van der Waals surface area contributed by atoms with Crippen molar-refractivity contribution in [1.29, 1.82) is 0 Å². The lowest BCUT2D eigenvalue weighted by atomic mass is 10.1. The normalized spacial score (nSPS) is 11.1. The zero-order valence-electron chi connectivity index (χ0n) is 20.0. The number of anilines is 1. The molecule has 0 spiro atoms. The van der Waals surface area contributed by atoms with Gasteiger partial charge in [0.15, 0.2) is 0 Å². The standard InChI is InChI=1S/C27H20Cl3N3O4S2/c28-20-7-11-22(12-8-20)38-16-17-1-3-18(4-2-17)26(34)31-32-27(35)19-5-9-21(10-6-19)33-39(36,37)23-13-14-24(29)25(30)15-23/h1-15,33H,16H2,(H,31,34)(H,32,35). The number of thioether (sulfide) groups is 1. The summed E-state index contributed by atoms with van der Waals surface area (Å²) in [6.45, 7) is 0. The summed E-state index contributed by atoms with van der Waals surface area (Å²) < 4.78 is 27.6. The van der Waals surface area contributed by atoms with E-state index in [1.54, 1.807) is 23.9 Å². The van der Waals surface area contributed by atoms with Crippen LogP contribution in [0.2, 0.25) is 15.1 Å². The SMILES string of the molecule is O=C(NNC(=O)c1ccc(NS(=O)(=O)c2ccc(Cl)c(Cl)c2)cc1)c1ccc(CSc2ccc(Cl)cc2)cc1. The second-order valence-corrected chi connectivity index (χ2v) is 12.1. The van der Waals surface area contributed by atoms with Crippen LogP contribution >= 0.6 is 46.6 Å². The lowest BCUT2D eigenvalue weighted by molar-refractivity contribution is 0.0846. The van der Waals surface area contributed by atoms with Gasteiger partial charge in [-0.2, -0.15) is 0 Å². The summed E-state index contributed by atoms with van der Waals surface area (Å²) in [5.41, 5.74) is 6.57. The Balaban J connectivity index is 1.28. The lowest BCUT2D eigenvalue weighted by Crippen LogP contribution is -2.41. The molecule has 0 atom stereocenters. The van der Waals surface area contributed by atoms with Crippen molar-refractivity contribution in [3.05, 3.63) is 123 Å². The van der Waals surface area contributed by atoms with E-state index in [1.165, 1.54) is 42.5 Å². The highest BCUT2D eigenvalue weighted by atomic mass is 35.5. The van der Waals surface area contributed by atoms with Gasteiger partial charge in [-0.1, -0.05) is 46.9 Å². The maximum atomic E-state index is 12.6. The molecule has 4 aromatic rings. The molecule has 0 heterocycles. The van der Waals surface area contributed by atoms with E-state index in [2.05, 4.69) is 15.6 Å². The second-order valence-electron chi connectivity index (χ2n) is 8.11. The number of hydrogen-bond donors (Lipinski definition) is 3. The van der Waals surface area contributed by atoms with Crippen LogP contribution in [-0.2, 0) is 15.8 Å². The van der Waals surface area contributed by atoms with Gasteiger partial charge in [0.2, 0.25) is 0 Å². The molecule has 0 aliphatic carbocycles. The number of carbonyl (C=O) groups excluding carboxylic acids is 2. The van der Waals surface area contributed by atoms with Crippen molar-refractivity contribution in [2.75, 3.05) is 4.72 Å². The van der Waals surface area contributed by atoms with Gasteiger partial charge in [0.1, 0.15) is 0 Å². The van der Waals surface area contributed by atoms with E-state index in [9.17, 15) is 18.0 Å². The molecule has 4 rings (SSSR count). The fourth-order valence-corrected chi connectivity index (χ4v) is 5.68. The van der Waals surface area contributed by atoms with Gasteiger partial charge < -0.3 is 0 Å². The molecule has 0 aromatic heterocycles. The van der Waals surface area contributed by atoms with Crippen LogP contribution in [0.4, 0.5) is 5.69 Å². The minimum atomic E-state index is -3.92. The number of hydrazine groups is 1. The smallest absolute Gasteiger partial charge is 0.269 e. The molecule has 0 saturated carbocycles. The number of nitrogens with one attached hydrogen (secondary N) is 3. The molecule has 4 aromatic carbocycles. The van der Waals surface area contributed by atoms with Gasteiger partial charge in [-0.3, -0.25) is 25.2 Å². The molecule has 3 N–H and O–H groups in total. The van der Waals surface area contributed by atoms with Gasteiger partial charge in [0.25, 0.3) is 21.8 Å². The van der Waals surface area contributed by atoms with Gasteiger partial charge in [-0.25, -0.2) is 8.42 Å². The Kier molecular flexibility index (Phi) is 9.42. The first-order valence-corrected chi connectivity index (χ1v) is 14.9. The van der Waals surface area contributed by atoms with E-state index in [1.807, 2.05) is 36.4 Å². The fourth-order valence-electron chi connectivity index (χ4n) is 3.26. The topological polar surface area (TPSA) is 104 Å². The zero-order chi connectivity index (χ0) is 28.0.